The number of nitrogens with zero attached hydrogens (tertiary/aromatic N) is 2. The van der Waals surface area contributed by atoms with Crippen LogP contribution < -0.4 is 5.32 Å². The van der Waals surface area contributed by atoms with Gasteiger partial charge in [0, 0.05) is 12.2 Å². The summed E-state index contributed by atoms with van der Waals surface area (Å²) in [5, 5.41) is 12.6. The van der Waals surface area contributed by atoms with Crippen LogP contribution in [0.5, 0.6) is 0 Å². The van der Waals surface area contributed by atoms with E-state index in [1.54, 1.807) is 0 Å². The first kappa shape index (κ1) is 14.8. The molecule has 0 aliphatic heterocycles. The van der Waals surface area contributed by atoms with Gasteiger partial charge in [-0.25, -0.2) is 4.98 Å². The highest BCUT2D eigenvalue weighted by molar-refractivity contribution is 5.56. The van der Waals surface area contributed by atoms with E-state index < -0.39 is 0 Å². The molecule has 1 aliphatic rings. The molecule has 1 fully saturated rings. The Bertz CT molecular complexity index is 502. The average Bonchev–Trinajstić information content (AvgIpc) is 2.38. The fraction of sp³-hybridized carbons (Fsp3) is 0.647. The average molecular weight is 271 g/mol. The lowest BCUT2D eigenvalue weighted by Gasteiger charge is -2.26. The predicted molar refractivity (Wildman–Crippen MR) is 82.7 cm³/mol. The van der Waals surface area contributed by atoms with Crippen LogP contribution in [0.25, 0.3) is 0 Å². The van der Waals surface area contributed by atoms with E-state index in [1.165, 1.54) is 32.1 Å². The van der Waals surface area contributed by atoms with Gasteiger partial charge in [0.05, 0.1) is 5.56 Å². The molecule has 2 rings (SSSR count). The number of nitrogens with one attached hydrogen (secondary N) is 1. The second kappa shape index (κ2) is 6.74. The molecule has 0 amide bonds. The lowest BCUT2D eigenvalue weighted by molar-refractivity contribution is 0.274. The zero-order chi connectivity index (χ0) is 14.5. The minimum atomic E-state index is 0.688. The Kier molecular flexibility index (Phi) is 5.00. The smallest absolute Gasteiger partial charge is 0.144 e. The number of nitriles is 1. The molecule has 0 bridgehead atoms. The van der Waals surface area contributed by atoms with Crippen LogP contribution in [-0.4, -0.2) is 11.5 Å². The first-order valence-corrected chi connectivity index (χ1v) is 7.72. The summed E-state index contributed by atoms with van der Waals surface area (Å²) in [5.41, 5.74) is 2.66. The van der Waals surface area contributed by atoms with Gasteiger partial charge >= 0.3 is 0 Å². The van der Waals surface area contributed by atoms with Crippen LogP contribution in [0.1, 0.15) is 55.8 Å². The van der Waals surface area contributed by atoms with Crippen LogP contribution in [0.15, 0.2) is 6.07 Å². The molecule has 2 atom stereocenters. The molecular formula is C17H25N3. The van der Waals surface area contributed by atoms with Crippen LogP contribution in [0.3, 0.4) is 0 Å². The quantitative estimate of drug-likeness (QED) is 0.893. The molecule has 108 valence electrons. The van der Waals surface area contributed by atoms with Gasteiger partial charge in [-0.05, 0) is 50.2 Å². The molecule has 0 saturated heterocycles. The van der Waals surface area contributed by atoms with Crippen LogP contribution >= 0.6 is 0 Å². The number of anilines is 1. The van der Waals surface area contributed by atoms with E-state index in [9.17, 15) is 5.26 Å². The number of hydrogen-bond acceptors (Lipinski definition) is 3. The van der Waals surface area contributed by atoms with Gasteiger partial charge in [0.25, 0.3) is 0 Å². The van der Waals surface area contributed by atoms with E-state index in [0.29, 0.717) is 5.56 Å². The minimum absolute atomic E-state index is 0.688. The first-order valence-electron chi connectivity index (χ1n) is 7.72. The molecule has 1 N–H and O–H groups in total. The van der Waals surface area contributed by atoms with E-state index in [0.717, 1.165) is 35.5 Å². The van der Waals surface area contributed by atoms with Crippen molar-refractivity contribution in [2.75, 3.05) is 11.9 Å². The van der Waals surface area contributed by atoms with E-state index in [1.807, 2.05) is 19.9 Å². The molecule has 1 heterocycles. The molecular weight excluding hydrogens is 246 g/mol. The third kappa shape index (κ3) is 3.72. The third-order valence-corrected chi connectivity index (χ3v) is 4.35. The summed E-state index contributed by atoms with van der Waals surface area (Å²) < 4.78 is 0. The zero-order valence-electron chi connectivity index (χ0n) is 12.9. The normalized spacial score (nSPS) is 22.3. The molecule has 1 aromatic rings. The Morgan fingerprint density at radius 2 is 2.20 bits per heavy atom. The molecule has 1 saturated carbocycles. The second-order valence-electron chi connectivity index (χ2n) is 6.27. The van der Waals surface area contributed by atoms with E-state index >= 15 is 0 Å². The summed E-state index contributed by atoms with van der Waals surface area (Å²) in [5.74, 6) is 2.47. The van der Waals surface area contributed by atoms with Gasteiger partial charge in [0.1, 0.15) is 11.9 Å². The van der Waals surface area contributed by atoms with Crippen LogP contribution in [0.2, 0.25) is 0 Å². The zero-order valence-corrected chi connectivity index (χ0v) is 12.9. The number of rotatable bonds is 4. The Balaban J connectivity index is 1.92. The number of hydrogen-bond donors (Lipinski definition) is 1. The summed E-state index contributed by atoms with van der Waals surface area (Å²) >= 11 is 0. The highest BCUT2D eigenvalue weighted by Crippen LogP contribution is 2.30. The van der Waals surface area contributed by atoms with Crippen molar-refractivity contribution in [1.82, 2.24) is 4.98 Å². The fourth-order valence-corrected chi connectivity index (χ4v) is 3.32. The minimum Gasteiger partial charge on any atom is -0.369 e. The van der Waals surface area contributed by atoms with Gasteiger partial charge in [0.15, 0.2) is 0 Å². The molecule has 3 nitrogen and oxygen atoms in total. The SMILES string of the molecule is Cc1cc(C)c(C#N)c(NCCC2CCCC(C)C2)n1. The topological polar surface area (TPSA) is 48.7 Å². The van der Waals surface area contributed by atoms with E-state index in [-0.39, 0.29) is 0 Å². The highest BCUT2D eigenvalue weighted by Gasteiger charge is 2.18. The maximum absolute atomic E-state index is 9.24. The van der Waals surface area contributed by atoms with Gasteiger partial charge in [-0.15, -0.1) is 0 Å². The van der Waals surface area contributed by atoms with Gasteiger partial charge in [-0.1, -0.05) is 26.2 Å². The van der Waals surface area contributed by atoms with Crippen molar-refractivity contribution >= 4 is 5.82 Å². The summed E-state index contributed by atoms with van der Waals surface area (Å²) in [6.45, 7) is 7.23. The van der Waals surface area contributed by atoms with Crippen molar-refractivity contribution in [3.05, 3.63) is 22.9 Å². The van der Waals surface area contributed by atoms with Crippen molar-refractivity contribution in [3.8, 4) is 6.07 Å². The van der Waals surface area contributed by atoms with Crippen molar-refractivity contribution in [3.63, 3.8) is 0 Å². The third-order valence-electron chi connectivity index (χ3n) is 4.35. The van der Waals surface area contributed by atoms with Gasteiger partial charge < -0.3 is 5.32 Å². The predicted octanol–water partition coefficient (Wildman–Crippen LogP) is 4.20. The maximum atomic E-state index is 9.24. The van der Waals surface area contributed by atoms with Crippen molar-refractivity contribution in [1.29, 1.82) is 5.26 Å². The van der Waals surface area contributed by atoms with Crippen LogP contribution in [0.4, 0.5) is 5.82 Å². The van der Waals surface area contributed by atoms with Gasteiger partial charge in [0.2, 0.25) is 0 Å². The summed E-state index contributed by atoms with van der Waals surface area (Å²) in [4.78, 5) is 4.47. The Morgan fingerprint density at radius 1 is 1.40 bits per heavy atom. The van der Waals surface area contributed by atoms with Crippen molar-refractivity contribution < 1.29 is 0 Å². The second-order valence-corrected chi connectivity index (χ2v) is 6.27. The monoisotopic (exact) mass is 271 g/mol. The highest BCUT2D eigenvalue weighted by atomic mass is 15.0. The lowest BCUT2D eigenvalue weighted by atomic mass is 9.81. The molecule has 0 radical (unpaired) electrons. The molecule has 2 unspecified atom stereocenters. The maximum Gasteiger partial charge on any atom is 0.144 e. The standard InChI is InChI=1S/C17H25N3/c1-12-5-4-6-15(9-12)7-8-19-17-16(11-18)13(2)10-14(3)20-17/h10,12,15H,4-9H2,1-3H3,(H,19,20). The summed E-state index contributed by atoms with van der Waals surface area (Å²) in [7, 11) is 0. The first-order chi connectivity index (χ1) is 9.60. The number of pyridine rings is 1. The number of aryl methyl sites for hydroxylation is 2. The molecule has 20 heavy (non-hydrogen) atoms. The molecule has 0 aromatic carbocycles. The fourth-order valence-electron chi connectivity index (χ4n) is 3.32. The van der Waals surface area contributed by atoms with Crippen LogP contribution in [-0.2, 0) is 0 Å². The molecule has 0 spiro atoms. The van der Waals surface area contributed by atoms with E-state index in [2.05, 4.69) is 23.3 Å². The molecule has 1 aliphatic carbocycles. The largest absolute Gasteiger partial charge is 0.369 e. The molecule has 3 heteroatoms. The number of aromatic nitrogens is 1. The Morgan fingerprint density at radius 3 is 2.90 bits per heavy atom. The van der Waals surface area contributed by atoms with Crippen molar-refractivity contribution in [2.45, 2.75) is 52.9 Å². The molecule has 1 aromatic heterocycles. The van der Waals surface area contributed by atoms with E-state index in [4.69, 9.17) is 0 Å². The Hall–Kier alpha value is -1.56. The van der Waals surface area contributed by atoms with Gasteiger partial charge in [-0.3, -0.25) is 0 Å². The lowest BCUT2D eigenvalue weighted by Crippen LogP contribution is -2.17. The van der Waals surface area contributed by atoms with Crippen LogP contribution in [0, 0.1) is 37.0 Å². The Labute approximate surface area is 122 Å². The van der Waals surface area contributed by atoms with Crippen molar-refractivity contribution in [2.24, 2.45) is 11.8 Å². The summed E-state index contributed by atoms with van der Waals surface area (Å²) in [6.07, 6.45) is 6.66. The summed E-state index contributed by atoms with van der Waals surface area (Å²) in [6, 6.07) is 4.23. The van der Waals surface area contributed by atoms with Gasteiger partial charge in [-0.2, -0.15) is 5.26 Å².